The summed E-state index contributed by atoms with van der Waals surface area (Å²) in [7, 11) is 0. The monoisotopic (exact) mass is 431 g/mol. The van der Waals surface area contributed by atoms with E-state index in [0.29, 0.717) is 12.6 Å². The lowest BCUT2D eigenvalue weighted by molar-refractivity contribution is 0.0523. The molecule has 2 N–H and O–H groups in total. The molecule has 1 saturated carbocycles. The standard InChI is InChI=1S/C23H33N3O3S/c1-16-21(30-15-25-16)17-9-10-18(14-24-22(28)29-23(2,3)4)20(13-17)26(11-6-12-27)19-7-5-8-19/h9-10,13,15,19,27H,5-8,11-12,14H2,1-4H3,(H,24,28). The molecule has 0 spiro atoms. The minimum atomic E-state index is -0.528. The van der Waals surface area contributed by atoms with Crippen LogP contribution in [0.1, 0.15) is 57.7 Å². The van der Waals surface area contributed by atoms with Gasteiger partial charge in [-0.05, 0) is 70.6 Å². The number of aliphatic hydroxyl groups excluding tert-OH is 1. The summed E-state index contributed by atoms with van der Waals surface area (Å²) in [5, 5.41) is 12.3. The van der Waals surface area contributed by atoms with Gasteiger partial charge in [-0.15, -0.1) is 11.3 Å². The van der Waals surface area contributed by atoms with Crippen molar-refractivity contribution in [1.29, 1.82) is 0 Å². The van der Waals surface area contributed by atoms with Crippen LogP contribution in [0.3, 0.4) is 0 Å². The third-order valence-corrected chi connectivity index (χ3v) is 6.27. The van der Waals surface area contributed by atoms with Gasteiger partial charge in [0, 0.05) is 31.4 Å². The molecule has 30 heavy (non-hydrogen) atoms. The SMILES string of the molecule is Cc1ncsc1-c1ccc(CNC(=O)OC(C)(C)C)c(N(CCCO)C2CCC2)c1. The highest BCUT2D eigenvalue weighted by Crippen LogP contribution is 2.36. The molecule has 0 radical (unpaired) electrons. The predicted molar refractivity (Wildman–Crippen MR) is 122 cm³/mol. The number of benzene rings is 1. The summed E-state index contributed by atoms with van der Waals surface area (Å²) in [6.07, 6.45) is 3.86. The van der Waals surface area contributed by atoms with Gasteiger partial charge in [-0.25, -0.2) is 9.78 Å². The summed E-state index contributed by atoms with van der Waals surface area (Å²) in [5.41, 5.74) is 5.68. The molecular formula is C23H33N3O3S. The van der Waals surface area contributed by atoms with Crippen molar-refractivity contribution in [2.45, 2.75) is 71.6 Å². The van der Waals surface area contributed by atoms with Crippen molar-refractivity contribution in [2.24, 2.45) is 0 Å². The average molecular weight is 432 g/mol. The number of aliphatic hydroxyl groups is 1. The number of alkyl carbamates (subject to hydrolysis) is 1. The van der Waals surface area contributed by atoms with Crippen LogP contribution in [0.4, 0.5) is 10.5 Å². The van der Waals surface area contributed by atoms with Gasteiger partial charge in [0.1, 0.15) is 5.60 Å². The van der Waals surface area contributed by atoms with Gasteiger partial charge >= 0.3 is 6.09 Å². The third-order valence-electron chi connectivity index (χ3n) is 5.30. The van der Waals surface area contributed by atoms with Gasteiger partial charge in [-0.3, -0.25) is 0 Å². The molecule has 0 bridgehead atoms. The van der Waals surface area contributed by atoms with Crippen molar-refractivity contribution in [3.63, 3.8) is 0 Å². The van der Waals surface area contributed by atoms with E-state index >= 15 is 0 Å². The minimum absolute atomic E-state index is 0.169. The fourth-order valence-electron chi connectivity index (χ4n) is 3.62. The summed E-state index contributed by atoms with van der Waals surface area (Å²) in [6.45, 7) is 8.97. The number of carbonyl (C=O) groups excluding carboxylic acids is 1. The van der Waals surface area contributed by atoms with Gasteiger partial charge in [-0.2, -0.15) is 0 Å². The highest BCUT2D eigenvalue weighted by atomic mass is 32.1. The first-order valence-corrected chi connectivity index (χ1v) is 11.5. The zero-order chi connectivity index (χ0) is 21.7. The van der Waals surface area contributed by atoms with E-state index in [1.54, 1.807) is 11.3 Å². The Morgan fingerprint density at radius 1 is 1.37 bits per heavy atom. The molecule has 1 aromatic heterocycles. The molecule has 7 heteroatoms. The predicted octanol–water partition coefficient (Wildman–Crippen LogP) is 4.88. The van der Waals surface area contributed by atoms with Crippen LogP contribution in [-0.2, 0) is 11.3 Å². The molecule has 2 aromatic rings. The van der Waals surface area contributed by atoms with Crippen molar-refractivity contribution < 1.29 is 14.6 Å². The second-order valence-electron chi connectivity index (χ2n) is 8.82. The van der Waals surface area contributed by atoms with Gasteiger partial charge in [-0.1, -0.05) is 12.1 Å². The molecule has 1 aromatic carbocycles. The first-order valence-electron chi connectivity index (χ1n) is 10.7. The number of aromatic nitrogens is 1. The number of aryl methyl sites for hydroxylation is 1. The Labute approximate surface area is 183 Å². The van der Waals surface area contributed by atoms with Crippen LogP contribution < -0.4 is 10.2 Å². The number of carbonyl (C=O) groups is 1. The molecule has 1 heterocycles. The topological polar surface area (TPSA) is 74.7 Å². The number of anilines is 1. The maximum atomic E-state index is 12.2. The number of rotatable bonds is 8. The maximum absolute atomic E-state index is 12.2. The van der Waals surface area contributed by atoms with E-state index in [4.69, 9.17) is 4.74 Å². The van der Waals surface area contributed by atoms with Crippen molar-refractivity contribution in [3.8, 4) is 10.4 Å². The molecule has 0 saturated heterocycles. The number of hydrogen-bond acceptors (Lipinski definition) is 6. The summed E-state index contributed by atoms with van der Waals surface area (Å²) in [6, 6.07) is 6.88. The Morgan fingerprint density at radius 2 is 2.13 bits per heavy atom. The van der Waals surface area contributed by atoms with Crippen LogP contribution in [-0.4, -0.2) is 41.0 Å². The number of ether oxygens (including phenoxy) is 1. The van der Waals surface area contributed by atoms with Gasteiger partial charge in [0.05, 0.1) is 16.1 Å². The molecule has 6 nitrogen and oxygen atoms in total. The number of thiazole rings is 1. The second kappa shape index (κ2) is 9.79. The zero-order valence-corrected chi connectivity index (χ0v) is 19.2. The van der Waals surface area contributed by atoms with Crippen LogP contribution in [0.15, 0.2) is 23.7 Å². The van der Waals surface area contributed by atoms with Crippen LogP contribution in [0.5, 0.6) is 0 Å². The van der Waals surface area contributed by atoms with Gasteiger partial charge < -0.3 is 20.1 Å². The van der Waals surface area contributed by atoms with E-state index in [1.807, 2.05) is 33.2 Å². The van der Waals surface area contributed by atoms with Gasteiger partial charge in [0.2, 0.25) is 0 Å². The third kappa shape index (κ3) is 5.73. The summed E-state index contributed by atoms with van der Waals surface area (Å²) in [5.74, 6) is 0. The van der Waals surface area contributed by atoms with Crippen LogP contribution in [0.25, 0.3) is 10.4 Å². The highest BCUT2D eigenvalue weighted by Gasteiger charge is 2.27. The molecule has 3 rings (SSSR count). The quantitative estimate of drug-likeness (QED) is 0.623. The van der Waals surface area contributed by atoms with Crippen LogP contribution in [0, 0.1) is 6.92 Å². The molecule has 0 atom stereocenters. The fourth-order valence-corrected chi connectivity index (χ4v) is 4.42. The van der Waals surface area contributed by atoms with E-state index < -0.39 is 11.7 Å². The Balaban J connectivity index is 1.90. The second-order valence-corrected chi connectivity index (χ2v) is 9.68. The maximum Gasteiger partial charge on any atom is 0.407 e. The van der Waals surface area contributed by atoms with Crippen LogP contribution in [0.2, 0.25) is 0 Å². The number of nitrogens with zero attached hydrogens (tertiary/aromatic N) is 2. The van der Waals surface area contributed by atoms with E-state index in [0.717, 1.165) is 48.3 Å². The fraction of sp³-hybridized carbons (Fsp3) is 0.565. The number of amides is 1. The van der Waals surface area contributed by atoms with Crippen molar-refractivity contribution >= 4 is 23.1 Å². The molecule has 164 valence electrons. The molecule has 1 fully saturated rings. The van der Waals surface area contributed by atoms with Crippen molar-refractivity contribution in [2.75, 3.05) is 18.1 Å². The lowest BCUT2D eigenvalue weighted by Crippen LogP contribution is -2.42. The van der Waals surface area contributed by atoms with Crippen molar-refractivity contribution in [3.05, 3.63) is 35.0 Å². The molecule has 0 unspecified atom stereocenters. The number of nitrogens with one attached hydrogen (secondary N) is 1. The normalized spacial score (nSPS) is 14.3. The molecule has 1 aliphatic carbocycles. The molecule has 1 amide bonds. The first kappa shape index (κ1) is 22.6. The number of hydrogen-bond donors (Lipinski definition) is 2. The lowest BCUT2D eigenvalue weighted by Gasteiger charge is -2.40. The summed E-state index contributed by atoms with van der Waals surface area (Å²) in [4.78, 5) is 20.2. The van der Waals surface area contributed by atoms with Crippen molar-refractivity contribution in [1.82, 2.24) is 10.3 Å². The highest BCUT2D eigenvalue weighted by molar-refractivity contribution is 7.13. The Kier molecular flexibility index (Phi) is 7.36. The zero-order valence-electron chi connectivity index (χ0n) is 18.4. The largest absolute Gasteiger partial charge is 0.444 e. The smallest absolute Gasteiger partial charge is 0.407 e. The minimum Gasteiger partial charge on any atom is -0.444 e. The van der Waals surface area contributed by atoms with E-state index in [2.05, 4.69) is 33.4 Å². The molecular weight excluding hydrogens is 398 g/mol. The lowest BCUT2D eigenvalue weighted by atomic mass is 9.90. The average Bonchev–Trinajstić information content (AvgIpc) is 3.06. The van der Waals surface area contributed by atoms with E-state index in [9.17, 15) is 9.90 Å². The summed E-state index contributed by atoms with van der Waals surface area (Å²) < 4.78 is 5.40. The Hall–Kier alpha value is -2.12. The first-order chi connectivity index (χ1) is 14.3. The summed E-state index contributed by atoms with van der Waals surface area (Å²) >= 11 is 1.64. The van der Waals surface area contributed by atoms with Crippen LogP contribution >= 0.6 is 11.3 Å². The Bertz CT molecular complexity index is 856. The Morgan fingerprint density at radius 3 is 2.70 bits per heavy atom. The molecule has 0 aliphatic heterocycles. The van der Waals surface area contributed by atoms with Gasteiger partial charge in [0.15, 0.2) is 0 Å². The van der Waals surface area contributed by atoms with E-state index in [-0.39, 0.29) is 6.61 Å². The van der Waals surface area contributed by atoms with Gasteiger partial charge in [0.25, 0.3) is 0 Å². The molecule has 1 aliphatic rings. The van der Waals surface area contributed by atoms with E-state index in [1.165, 1.54) is 11.3 Å².